The molecule has 0 bridgehead atoms. The van der Waals surface area contributed by atoms with Crippen molar-refractivity contribution in [3.63, 3.8) is 0 Å². The lowest BCUT2D eigenvalue weighted by Gasteiger charge is -2.14. The largest absolute Gasteiger partial charge is 0.380 e. The Hall–Kier alpha value is -0.0800. The minimum atomic E-state index is 0.671. The third-order valence-corrected chi connectivity index (χ3v) is 2.74. The summed E-state index contributed by atoms with van der Waals surface area (Å²) in [7, 11) is 0. The van der Waals surface area contributed by atoms with Crippen LogP contribution in [0, 0.1) is 5.92 Å². The van der Waals surface area contributed by atoms with Gasteiger partial charge in [-0.25, -0.2) is 0 Å². The molecule has 2 nitrogen and oxygen atoms in total. The second-order valence-corrected chi connectivity index (χ2v) is 4.62. The first-order valence-corrected chi connectivity index (χ1v) is 6.51. The summed E-state index contributed by atoms with van der Waals surface area (Å²) in [6, 6.07) is 0.671. The molecule has 0 atom stereocenters. The molecule has 0 unspecified atom stereocenters. The highest BCUT2D eigenvalue weighted by Gasteiger charge is 2.00. The SMILES string of the molecule is CCC(CC)NCCOCCCC(C)C. The zero-order valence-electron chi connectivity index (χ0n) is 11.0. The number of nitrogens with one attached hydrogen (secondary N) is 1. The van der Waals surface area contributed by atoms with Crippen LogP contribution < -0.4 is 5.32 Å². The summed E-state index contributed by atoms with van der Waals surface area (Å²) in [4.78, 5) is 0. The number of hydrogen-bond donors (Lipinski definition) is 1. The van der Waals surface area contributed by atoms with Gasteiger partial charge in [0.15, 0.2) is 0 Å². The zero-order valence-corrected chi connectivity index (χ0v) is 11.0. The van der Waals surface area contributed by atoms with E-state index in [4.69, 9.17) is 4.74 Å². The molecule has 0 aromatic rings. The minimum Gasteiger partial charge on any atom is -0.380 e. The Morgan fingerprint density at radius 3 is 2.27 bits per heavy atom. The highest BCUT2D eigenvalue weighted by molar-refractivity contribution is 4.61. The Labute approximate surface area is 95.8 Å². The molecule has 92 valence electrons. The van der Waals surface area contributed by atoms with Crippen molar-refractivity contribution >= 4 is 0 Å². The van der Waals surface area contributed by atoms with Crippen LogP contribution in [0.2, 0.25) is 0 Å². The van der Waals surface area contributed by atoms with E-state index in [0.29, 0.717) is 6.04 Å². The number of hydrogen-bond acceptors (Lipinski definition) is 2. The Bertz CT molecular complexity index is 122. The summed E-state index contributed by atoms with van der Waals surface area (Å²) in [5.74, 6) is 0.802. The molecule has 2 heteroatoms. The Morgan fingerprint density at radius 2 is 1.73 bits per heavy atom. The molecule has 0 spiro atoms. The summed E-state index contributed by atoms with van der Waals surface area (Å²) in [6.07, 6.45) is 4.90. The van der Waals surface area contributed by atoms with Crippen LogP contribution in [0.1, 0.15) is 53.4 Å². The Kier molecular flexibility index (Phi) is 10.4. The van der Waals surface area contributed by atoms with Gasteiger partial charge in [0, 0.05) is 19.2 Å². The fourth-order valence-corrected chi connectivity index (χ4v) is 1.61. The summed E-state index contributed by atoms with van der Waals surface area (Å²) < 4.78 is 5.56. The maximum Gasteiger partial charge on any atom is 0.0590 e. The second-order valence-electron chi connectivity index (χ2n) is 4.62. The van der Waals surface area contributed by atoms with Crippen LogP contribution in [-0.4, -0.2) is 25.8 Å². The van der Waals surface area contributed by atoms with Crippen LogP contribution in [0.25, 0.3) is 0 Å². The van der Waals surface area contributed by atoms with E-state index in [1.165, 1.54) is 25.7 Å². The van der Waals surface area contributed by atoms with Crippen molar-refractivity contribution < 1.29 is 4.74 Å². The number of rotatable bonds is 10. The van der Waals surface area contributed by atoms with E-state index < -0.39 is 0 Å². The van der Waals surface area contributed by atoms with Crippen molar-refractivity contribution in [2.75, 3.05) is 19.8 Å². The Morgan fingerprint density at radius 1 is 1.07 bits per heavy atom. The van der Waals surface area contributed by atoms with Crippen molar-refractivity contribution in [3.8, 4) is 0 Å². The topological polar surface area (TPSA) is 21.3 Å². The van der Waals surface area contributed by atoms with Gasteiger partial charge in [0.1, 0.15) is 0 Å². The molecule has 15 heavy (non-hydrogen) atoms. The fraction of sp³-hybridized carbons (Fsp3) is 1.00. The lowest BCUT2D eigenvalue weighted by atomic mass is 10.1. The average molecular weight is 215 g/mol. The molecule has 0 aliphatic carbocycles. The molecular weight excluding hydrogens is 186 g/mol. The monoisotopic (exact) mass is 215 g/mol. The minimum absolute atomic E-state index is 0.671. The van der Waals surface area contributed by atoms with Crippen molar-refractivity contribution in [2.45, 2.75) is 59.4 Å². The maximum atomic E-state index is 5.56. The van der Waals surface area contributed by atoms with Crippen LogP contribution in [0.5, 0.6) is 0 Å². The molecule has 0 radical (unpaired) electrons. The van der Waals surface area contributed by atoms with E-state index in [0.717, 1.165) is 25.7 Å². The summed E-state index contributed by atoms with van der Waals surface area (Å²) in [6.45, 7) is 11.7. The van der Waals surface area contributed by atoms with E-state index in [-0.39, 0.29) is 0 Å². The van der Waals surface area contributed by atoms with Crippen LogP contribution in [0.4, 0.5) is 0 Å². The smallest absolute Gasteiger partial charge is 0.0590 e. The molecule has 0 aromatic heterocycles. The van der Waals surface area contributed by atoms with E-state index in [1.54, 1.807) is 0 Å². The van der Waals surface area contributed by atoms with Gasteiger partial charge in [-0.2, -0.15) is 0 Å². The third-order valence-electron chi connectivity index (χ3n) is 2.74. The molecule has 0 aliphatic heterocycles. The molecule has 0 heterocycles. The zero-order chi connectivity index (χ0) is 11.5. The molecular formula is C13H29NO. The van der Waals surface area contributed by atoms with Crippen molar-refractivity contribution in [1.29, 1.82) is 0 Å². The first-order chi connectivity index (χ1) is 7.20. The van der Waals surface area contributed by atoms with Crippen LogP contribution in [0.15, 0.2) is 0 Å². The normalized spacial score (nSPS) is 11.6. The molecule has 1 N–H and O–H groups in total. The van der Waals surface area contributed by atoms with Gasteiger partial charge < -0.3 is 10.1 Å². The molecule has 0 rings (SSSR count). The highest BCUT2D eigenvalue weighted by atomic mass is 16.5. The molecule has 0 aromatic carbocycles. The lowest BCUT2D eigenvalue weighted by Crippen LogP contribution is -2.30. The summed E-state index contributed by atoms with van der Waals surface area (Å²) in [5.41, 5.74) is 0. The van der Waals surface area contributed by atoms with Gasteiger partial charge in [-0.15, -0.1) is 0 Å². The molecule has 0 amide bonds. The maximum absolute atomic E-state index is 5.56. The Balaban J connectivity index is 3.10. The summed E-state index contributed by atoms with van der Waals surface area (Å²) >= 11 is 0. The van der Waals surface area contributed by atoms with Gasteiger partial charge in [0.2, 0.25) is 0 Å². The van der Waals surface area contributed by atoms with Crippen molar-refractivity contribution in [3.05, 3.63) is 0 Å². The predicted molar refractivity (Wildman–Crippen MR) is 67.3 cm³/mol. The predicted octanol–water partition coefficient (Wildman–Crippen LogP) is 3.22. The fourth-order valence-electron chi connectivity index (χ4n) is 1.61. The second kappa shape index (κ2) is 10.4. The van der Waals surface area contributed by atoms with Gasteiger partial charge in [0.25, 0.3) is 0 Å². The van der Waals surface area contributed by atoms with E-state index >= 15 is 0 Å². The van der Waals surface area contributed by atoms with Crippen molar-refractivity contribution in [1.82, 2.24) is 5.32 Å². The van der Waals surface area contributed by atoms with E-state index in [1.807, 2.05) is 0 Å². The highest BCUT2D eigenvalue weighted by Crippen LogP contribution is 2.02. The lowest BCUT2D eigenvalue weighted by molar-refractivity contribution is 0.127. The van der Waals surface area contributed by atoms with Gasteiger partial charge >= 0.3 is 0 Å². The first kappa shape index (κ1) is 14.9. The molecule has 0 fully saturated rings. The van der Waals surface area contributed by atoms with E-state index in [2.05, 4.69) is 33.0 Å². The quantitative estimate of drug-likeness (QED) is 0.565. The van der Waals surface area contributed by atoms with Gasteiger partial charge in [0.05, 0.1) is 6.61 Å². The molecule has 0 aliphatic rings. The third kappa shape index (κ3) is 10.2. The molecule has 0 saturated carbocycles. The van der Waals surface area contributed by atoms with Crippen LogP contribution in [0.3, 0.4) is 0 Å². The van der Waals surface area contributed by atoms with Crippen LogP contribution in [-0.2, 0) is 4.74 Å². The summed E-state index contributed by atoms with van der Waals surface area (Å²) in [5, 5.41) is 3.49. The molecule has 0 saturated heterocycles. The van der Waals surface area contributed by atoms with Gasteiger partial charge in [-0.3, -0.25) is 0 Å². The first-order valence-electron chi connectivity index (χ1n) is 6.51. The average Bonchev–Trinajstić information content (AvgIpc) is 2.22. The van der Waals surface area contributed by atoms with Gasteiger partial charge in [-0.05, 0) is 31.6 Å². The van der Waals surface area contributed by atoms with E-state index in [9.17, 15) is 0 Å². The van der Waals surface area contributed by atoms with Crippen molar-refractivity contribution in [2.24, 2.45) is 5.92 Å². The van der Waals surface area contributed by atoms with Crippen LogP contribution >= 0.6 is 0 Å². The number of ether oxygens (including phenoxy) is 1. The standard InChI is InChI=1S/C13H29NO/c1-5-13(6-2)14-9-11-15-10-7-8-12(3)4/h12-14H,5-11H2,1-4H3. The van der Waals surface area contributed by atoms with Gasteiger partial charge in [-0.1, -0.05) is 27.7 Å².